The summed E-state index contributed by atoms with van der Waals surface area (Å²) < 4.78 is 80.4. The molecule has 2 aromatic carbocycles. The van der Waals surface area contributed by atoms with Crippen LogP contribution in [0.3, 0.4) is 0 Å². The first kappa shape index (κ1) is 75.5. The van der Waals surface area contributed by atoms with E-state index < -0.39 is 148 Å². The minimum absolute atomic E-state index is 0.0510. The van der Waals surface area contributed by atoms with E-state index in [1.807, 2.05) is 6.92 Å². The Balaban J connectivity index is 1.39. The number of aldehydes is 2. The first-order chi connectivity index (χ1) is 42.7. The summed E-state index contributed by atoms with van der Waals surface area (Å²) in [6.07, 6.45) is -3.82. The third-order valence-corrected chi connectivity index (χ3v) is 18.6. The topological polar surface area (TPSA) is 325 Å². The van der Waals surface area contributed by atoms with E-state index in [1.165, 1.54) is 33.1 Å². The standard InChI is InChI=1S/C61H82Br2ClF3N8O16/c1-33(2)50(70-39(29-76)16-11-12-22-88-59(30-62,31-63)32-77)53(80)72-42(17-14-21-69-56(68)83)52(79)71-38-19-20-40(41(26-38)61(65,66)67)54(81)74(7)36(5)55(82)90-47-27-48(78)75(8)43-24-37(25-44(86-9)49(43)64)23-34(3)15-13-18-46(87-10)60(85)28-45(89-57(84)73-60)35(4)51-58(47,6)91-51/h13,15,18-20,24-26,29,32-33,35-36,39,42,45-47,50-51,70,85H,11-12,14,16-17,21-23,27-28,30-31H2,1-10H3,(H,71,79)(H,72,80)(H,73,84)(H3,68,69,83)/b18-13+,34-15+/t35-,36+,39?,42+,45+,46-,47+,50+,51+,58+,60+/m1/s1. The van der Waals surface area contributed by atoms with E-state index >= 15 is 13.2 Å². The molecule has 0 saturated carbocycles. The van der Waals surface area contributed by atoms with Crippen molar-refractivity contribution in [3.63, 3.8) is 0 Å². The number of unbranched alkanes of at least 4 members (excludes halogenated alkanes) is 1. The van der Waals surface area contributed by atoms with Crippen molar-refractivity contribution in [1.82, 2.24) is 26.2 Å². The number of likely N-dealkylation sites (N-methyl/N-ethyl adjacent to an activating group) is 1. The molecule has 24 nitrogen and oxygen atoms in total. The van der Waals surface area contributed by atoms with Gasteiger partial charge in [-0.05, 0) is 101 Å². The number of benzene rings is 2. The van der Waals surface area contributed by atoms with Crippen molar-refractivity contribution in [1.29, 1.82) is 0 Å². The Bertz CT molecular complexity index is 3030. The van der Waals surface area contributed by atoms with Crippen LogP contribution in [0.2, 0.25) is 5.02 Å². The lowest BCUT2D eigenvalue weighted by molar-refractivity contribution is -0.158. The number of carbonyl (C=O) groups is 9. The van der Waals surface area contributed by atoms with Crippen LogP contribution in [-0.2, 0) is 65.0 Å². The van der Waals surface area contributed by atoms with Gasteiger partial charge < -0.3 is 74.6 Å². The summed E-state index contributed by atoms with van der Waals surface area (Å²) in [6, 6.07) is -0.165. The lowest BCUT2D eigenvalue weighted by Crippen LogP contribution is -2.63. The molecule has 11 atom stereocenters. The maximum Gasteiger partial charge on any atom is 0.417 e. The van der Waals surface area contributed by atoms with Gasteiger partial charge in [0.1, 0.15) is 58.7 Å². The molecule has 2 saturated heterocycles. The number of ether oxygens (including phenoxy) is 6. The summed E-state index contributed by atoms with van der Waals surface area (Å²) in [5.41, 5.74) is -0.561. The number of carbonyl (C=O) groups excluding carboxylic acids is 9. The number of nitrogens with two attached hydrogens (primary N) is 1. The Morgan fingerprint density at radius 2 is 1.73 bits per heavy atom. The van der Waals surface area contributed by atoms with E-state index in [9.17, 15) is 48.3 Å². The molecule has 1 unspecified atom stereocenters. The smallest absolute Gasteiger partial charge is 0.417 e. The molecule has 8 N–H and O–H groups in total. The van der Waals surface area contributed by atoms with Crippen LogP contribution < -0.4 is 42.0 Å². The predicted octanol–water partition coefficient (Wildman–Crippen LogP) is 6.82. The van der Waals surface area contributed by atoms with Crippen molar-refractivity contribution < 1.29 is 89.8 Å². The molecule has 30 heteroatoms. The zero-order chi connectivity index (χ0) is 67.9. The number of epoxide rings is 1. The summed E-state index contributed by atoms with van der Waals surface area (Å²) in [7, 11) is 5.26. The van der Waals surface area contributed by atoms with E-state index in [0.29, 0.717) is 48.4 Å². The van der Waals surface area contributed by atoms with Crippen LogP contribution in [0.5, 0.6) is 5.75 Å². The molecule has 0 spiro atoms. The minimum atomic E-state index is -5.25. The number of anilines is 2. The van der Waals surface area contributed by atoms with Gasteiger partial charge in [0.25, 0.3) is 5.91 Å². The third kappa shape index (κ3) is 19.7. The molecule has 3 heterocycles. The van der Waals surface area contributed by atoms with Crippen molar-refractivity contribution in [3.05, 3.63) is 75.8 Å². The van der Waals surface area contributed by atoms with E-state index in [4.69, 9.17) is 45.8 Å². The van der Waals surface area contributed by atoms with Gasteiger partial charge in [-0.15, -0.1) is 0 Å². The number of alkyl halides is 5. The van der Waals surface area contributed by atoms with Crippen LogP contribution in [0, 0.1) is 11.8 Å². The SMILES string of the molecule is COc1cc2cc(c1Cl)N(C)C(=O)C[C@H](OC(=O)[C@H](C)N(C)C(=O)c1ccc(NC(=O)[C@H](CCCNC(N)=O)NC(=O)[C@@H](NC(C=O)CCCCOC(C=O)(CBr)CBr)C(C)C)cc1C(F)(F)F)[C@]1(C)O[C@H]1[C@H](C)[C@@H]1C[C@@](O)(NC(=O)O1)[C@H](OC)/C=C/C=C(\C)C2. The fourth-order valence-electron chi connectivity index (χ4n) is 10.6. The Hall–Kier alpha value is -6.21. The van der Waals surface area contributed by atoms with E-state index in [0.717, 1.165) is 24.8 Å². The Morgan fingerprint density at radius 3 is 2.33 bits per heavy atom. The van der Waals surface area contributed by atoms with E-state index in [1.54, 1.807) is 58.1 Å². The number of amides is 7. The lowest BCUT2D eigenvalue weighted by atomic mass is 9.83. The summed E-state index contributed by atoms with van der Waals surface area (Å²) in [5, 5.41) is 25.4. The highest BCUT2D eigenvalue weighted by molar-refractivity contribution is 9.10. The highest BCUT2D eigenvalue weighted by atomic mass is 79.9. The molecular formula is C61H82Br2ClF3N8O16. The normalized spacial score (nSPS) is 24.3. The number of urea groups is 1. The largest absolute Gasteiger partial charge is 0.495 e. The van der Waals surface area contributed by atoms with Crippen LogP contribution in [0.25, 0.3) is 0 Å². The number of nitrogens with one attached hydrogen (secondary N) is 5. The van der Waals surface area contributed by atoms with Crippen molar-refractivity contribution >= 4 is 109 Å². The number of hydrogen-bond acceptors (Lipinski definition) is 17. The number of rotatable bonds is 27. The molecule has 0 aliphatic carbocycles. The zero-order valence-electron chi connectivity index (χ0n) is 52.3. The summed E-state index contributed by atoms with van der Waals surface area (Å²) in [5.74, 6) is -5.83. The van der Waals surface area contributed by atoms with E-state index in [-0.39, 0.29) is 66.0 Å². The quantitative estimate of drug-likeness (QED) is 0.0159. The summed E-state index contributed by atoms with van der Waals surface area (Å²) in [6.45, 7) is 9.78. The van der Waals surface area contributed by atoms with Gasteiger partial charge in [-0.1, -0.05) is 88.0 Å². The number of esters is 1. The Morgan fingerprint density at radius 1 is 1.03 bits per heavy atom. The van der Waals surface area contributed by atoms with Gasteiger partial charge in [0.2, 0.25) is 17.7 Å². The molecule has 0 aromatic heterocycles. The van der Waals surface area contributed by atoms with Crippen molar-refractivity contribution in [3.8, 4) is 5.75 Å². The third-order valence-electron chi connectivity index (χ3n) is 16.3. The number of halogens is 6. The Labute approximate surface area is 548 Å². The number of hydrogen-bond donors (Lipinski definition) is 7. The van der Waals surface area contributed by atoms with Gasteiger partial charge in [0.15, 0.2) is 12.0 Å². The molecule has 4 bridgehead atoms. The second-order valence-electron chi connectivity index (χ2n) is 23.5. The molecule has 5 rings (SSSR count). The molecule has 7 amide bonds. The van der Waals surface area contributed by atoms with Crippen LogP contribution >= 0.6 is 43.5 Å². The van der Waals surface area contributed by atoms with Gasteiger partial charge >= 0.3 is 24.3 Å². The molecule has 2 aromatic rings. The Kier molecular flexibility index (Phi) is 27.4. The molecule has 3 aliphatic rings. The van der Waals surface area contributed by atoms with Crippen molar-refractivity contribution in [2.75, 3.05) is 62.3 Å². The van der Waals surface area contributed by atoms with Gasteiger partial charge in [0, 0.05) is 63.0 Å². The number of fused-ring (bicyclic) bond motifs is 5. The molecule has 0 radical (unpaired) electrons. The van der Waals surface area contributed by atoms with Gasteiger partial charge in [-0.25, -0.2) is 14.4 Å². The average Bonchev–Trinajstić information content (AvgIpc) is 1.58. The second-order valence-corrected chi connectivity index (χ2v) is 25.0. The summed E-state index contributed by atoms with van der Waals surface area (Å²) in [4.78, 5) is 122. The summed E-state index contributed by atoms with van der Waals surface area (Å²) >= 11 is 13.4. The van der Waals surface area contributed by atoms with Crippen LogP contribution in [-0.4, -0.2) is 182 Å². The maximum absolute atomic E-state index is 15.1. The minimum Gasteiger partial charge on any atom is -0.495 e. The highest BCUT2D eigenvalue weighted by Crippen LogP contribution is 2.49. The molecule has 91 heavy (non-hydrogen) atoms. The van der Waals surface area contributed by atoms with Gasteiger partial charge in [0.05, 0.1) is 48.5 Å². The average molecular weight is 1440 g/mol. The number of nitrogens with zero attached hydrogens (tertiary/aromatic N) is 2. The van der Waals surface area contributed by atoms with Gasteiger partial charge in [-0.3, -0.25) is 29.8 Å². The maximum atomic E-state index is 15.1. The number of allylic oxidation sites excluding steroid dienone is 3. The number of primary amides is 1. The van der Waals surface area contributed by atoms with Crippen molar-refractivity contribution in [2.24, 2.45) is 17.6 Å². The fourth-order valence-corrected chi connectivity index (χ4v) is 12.5. The zero-order valence-corrected chi connectivity index (χ0v) is 56.3. The monoisotopic (exact) mass is 1430 g/mol. The second kappa shape index (κ2) is 33.1. The predicted molar refractivity (Wildman–Crippen MR) is 337 cm³/mol. The molecule has 3 aliphatic heterocycles. The van der Waals surface area contributed by atoms with Gasteiger partial charge in [-0.2, -0.15) is 13.2 Å². The molecule has 504 valence electrons. The molecule has 2 fully saturated rings. The lowest BCUT2D eigenvalue weighted by Gasteiger charge is -2.42. The highest BCUT2D eigenvalue weighted by Gasteiger charge is 2.64. The van der Waals surface area contributed by atoms with Crippen LogP contribution in [0.15, 0.2) is 54.1 Å². The molecular weight excluding hydrogens is 1350 g/mol. The fraction of sp³-hybridized carbons (Fsp3) is 0.590. The first-order valence-corrected chi connectivity index (χ1v) is 32.0. The number of alkyl carbamates (subject to hydrolysis) is 1. The van der Waals surface area contributed by atoms with Crippen LogP contribution in [0.1, 0.15) is 108 Å². The van der Waals surface area contributed by atoms with E-state index in [2.05, 4.69) is 58.4 Å². The first-order valence-electron chi connectivity index (χ1n) is 29.4. The number of methoxy groups -OCH3 is 2. The van der Waals surface area contributed by atoms with Crippen LogP contribution in [0.4, 0.5) is 34.1 Å². The van der Waals surface area contributed by atoms with Crippen molar-refractivity contribution in [2.45, 2.75) is 165 Å². The number of aliphatic hydroxyl groups is 1.